The molecule has 0 heterocycles. The molecule has 106 valence electrons. The van der Waals surface area contributed by atoms with Crippen LogP contribution in [0.4, 0.5) is 13.2 Å². The Balaban J connectivity index is 1.97. The first-order valence-electron chi connectivity index (χ1n) is 6.53. The maximum atomic E-state index is 12.7. The number of benzene rings is 1. The normalized spacial score (nSPS) is 16.2. The summed E-state index contributed by atoms with van der Waals surface area (Å²) in [5, 5.41) is 0. The molecule has 0 bridgehead atoms. The fraction of sp³-hybridized carbons (Fsp3) is 0.571. The van der Waals surface area contributed by atoms with Gasteiger partial charge in [-0.05, 0) is 36.1 Å². The summed E-state index contributed by atoms with van der Waals surface area (Å²) in [4.78, 5) is 0. The summed E-state index contributed by atoms with van der Waals surface area (Å²) in [6, 6.07) is 3.80. The Labute approximate surface area is 110 Å². The topological polar surface area (TPSA) is 35.2 Å². The van der Waals surface area contributed by atoms with E-state index in [9.17, 15) is 13.2 Å². The molecule has 1 fully saturated rings. The lowest BCUT2D eigenvalue weighted by Crippen LogP contribution is -2.15. The van der Waals surface area contributed by atoms with Crippen molar-refractivity contribution in [2.24, 2.45) is 11.7 Å². The number of nitrogens with two attached hydrogens (primary N) is 1. The number of hydrogen-bond acceptors (Lipinski definition) is 2. The van der Waals surface area contributed by atoms with Crippen LogP contribution < -0.4 is 10.5 Å². The molecule has 0 saturated heterocycles. The van der Waals surface area contributed by atoms with E-state index in [1.54, 1.807) is 0 Å². The molecule has 1 saturated carbocycles. The molecule has 0 atom stereocenters. The van der Waals surface area contributed by atoms with Crippen molar-refractivity contribution in [1.29, 1.82) is 0 Å². The second kappa shape index (κ2) is 5.82. The Morgan fingerprint density at radius 1 is 1.26 bits per heavy atom. The van der Waals surface area contributed by atoms with Gasteiger partial charge in [-0.25, -0.2) is 0 Å². The molecular weight excluding hydrogens is 255 g/mol. The standard InChI is InChI=1S/C14H18F3NO/c15-14(16,17)13-5-4-12(8-11(13)9-18)19-7-6-10-2-1-3-10/h4-5,8,10H,1-3,6-7,9,18H2. The van der Waals surface area contributed by atoms with Crippen molar-refractivity contribution >= 4 is 0 Å². The third-order valence-electron chi connectivity index (χ3n) is 3.62. The first kappa shape index (κ1) is 14.2. The highest BCUT2D eigenvalue weighted by Gasteiger charge is 2.33. The van der Waals surface area contributed by atoms with Crippen LogP contribution >= 0.6 is 0 Å². The molecule has 0 aliphatic heterocycles. The Kier molecular flexibility index (Phi) is 4.34. The molecule has 1 aromatic rings. The highest BCUT2D eigenvalue weighted by atomic mass is 19.4. The summed E-state index contributed by atoms with van der Waals surface area (Å²) >= 11 is 0. The first-order valence-corrected chi connectivity index (χ1v) is 6.53. The van der Waals surface area contributed by atoms with Gasteiger partial charge in [0.1, 0.15) is 5.75 Å². The van der Waals surface area contributed by atoms with Crippen molar-refractivity contribution in [2.75, 3.05) is 6.61 Å². The minimum absolute atomic E-state index is 0.0774. The van der Waals surface area contributed by atoms with E-state index in [0.717, 1.165) is 18.4 Å². The molecule has 5 heteroatoms. The van der Waals surface area contributed by atoms with Crippen molar-refractivity contribution in [3.63, 3.8) is 0 Å². The molecule has 2 rings (SSSR count). The van der Waals surface area contributed by atoms with Gasteiger partial charge in [0.15, 0.2) is 0 Å². The number of alkyl halides is 3. The highest BCUT2D eigenvalue weighted by Crippen LogP contribution is 2.34. The maximum Gasteiger partial charge on any atom is 0.416 e. The van der Waals surface area contributed by atoms with Gasteiger partial charge in [0, 0.05) is 6.54 Å². The van der Waals surface area contributed by atoms with Crippen molar-refractivity contribution in [2.45, 2.75) is 38.4 Å². The monoisotopic (exact) mass is 273 g/mol. The van der Waals surface area contributed by atoms with Crippen LogP contribution in [0.15, 0.2) is 18.2 Å². The van der Waals surface area contributed by atoms with Crippen molar-refractivity contribution in [1.82, 2.24) is 0 Å². The summed E-state index contributed by atoms with van der Waals surface area (Å²) in [5.41, 5.74) is 4.77. The van der Waals surface area contributed by atoms with Crippen LogP contribution in [0.3, 0.4) is 0 Å². The molecule has 0 amide bonds. The zero-order valence-corrected chi connectivity index (χ0v) is 10.7. The minimum atomic E-state index is -4.36. The molecular formula is C14H18F3NO. The van der Waals surface area contributed by atoms with E-state index in [-0.39, 0.29) is 12.1 Å². The van der Waals surface area contributed by atoms with Crippen LogP contribution in [0.5, 0.6) is 5.75 Å². The molecule has 1 aliphatic carbocycles. The summed E-state index contributed by atoms with van der Waals surface area (Å²) in [5.74, 6) is 1.19. The minimum Gasteiger partial charge on any atom is -0.494 e. The summed E-state index contributed by atoms with van der Waals surface area (Å²) in [6.07, 6.45) is 0.370. The fourth-order valence-electron chi connectivity index (χ4n) is 2.23. The van der Waals surface area contributed by atoms with E-state index >= 15 is 0 Å². The molecule has 0 unspecified atom stereocenters. The first-order chi connectivity index (χ1) is 9.00. The molecule has 1 aliphatic rings. The fourth-order valence-corrected chi connectivity index (χ4v) is 2.23. The third kappa shape index (κ3) is 3.62. The second-order valence-corrected chi connectivity index (χ2v) is 4.95. The summed E-state index contributed by atoms with van der Waals surface area (Å²) in [7, 11) is 0. The smallest absolute Gasteiger partial charge is 0.416 e. The Hall–Kier alpha value is -1.23. The third-order valence-corrected chi connectivity index (χ3v) is 3.62. The van der Waals surface area contributed by atoms with Gasteiger partial charge in [0.2, 0.25) is 0 Å². The molecule has 0 radical (unpaired) electrons. The van der Waals surface area contributed by atoms with Gasteiger partial charge in [-0.2, -0.15) is 13.2 Å². The predicted molar refractivity (Wildman–Crippen MR) is 66.8 cm³/mol. The van der Waals surface area contributed by atoms with E-state index in [4.69, 9.17) is 10.5 Å². The lowest BCUT2D eigenvalue weighted by molar-refractivity contribution is -0.138. The Morgan fingerprint density at radius 2 is 2.00 bits per heavy atom. The summed E-state index contributed by atoms with van der Waals surface area (Å²) in [6.45, 7) is 0.411. The van der Waals surface area contributed by atoms with Crippen molar-refractivity contribution in [3.05, 3.63) is 29.3 Å². The molecule has 0 aromatic heterocycles. The van der Waals surface area contributed by atoms with E-state index < -0.39 is 11.7 Å². The predicted octanol–water partition coefficient (Wildman–Crippen LogP) is 3.73. The Morgan fingerprint density at radius 3 is 2.53 bits per heavy atom. The van der Waals surface area contributed by atoms with Gasteiger partial charge in [0.05, 0.1) is 12.2 Å². The largest absolute Gasteiger partial charge is 0.494 e. The molecule has 2 nitrogen and oxygen atoms in total. The van der Waals surface area contributed by atoms with Crippen LogP contribution in [-0.4, -0.2) is 6.61 Å². The lowest BCUT2D eigenvalue weighted by Gasteiger charge is -2.25. The van der Waals surface area contributed by atoms with Crippen LogP contribution in [0.2, 0.25) is 0 Å². The SMILES string of the molecule is NCc1cc(OCCC2CCC2)ccc1C(F)(F)F. The number of ether oxygens (including phenoxy) is 1. The van der Waals surface area contributed by atoms with Crippen LogP contribution in [0.1, 0.15) is 36.8 Å². The number of hydrogen-bond donors (Lipinski definition) is 1. The molecule has 2 N–H and O–H groups in total. The second-order valence-electron chi connectivity index (χ2n) is 4.95. The zero-order chi connectivity index (χ0) is 13.9. The van der Waals surface area contributed by atoms with Crippen LogP contribution in [0, 0.1) is 5.92 Å². The Bertz CT molecular complexity index is 427. The van der Waals surface area contributed by atoms with Crippen molar-refractivity contribution < 1.29 is 17.9 Å². The zero-order valence-electron chi connectivity index (χ0n) is 10.7. The molecule has 19 heavy (non-hydrogen) atoms. The quantitative estimate of drug-likeness (QED) is 0.887. The summed E-state index contributed by atoms with van der Waals surface area (Å²) < 4.78 is 43.5. The van der Waals surface area contributed by atoms with Gasteiger partial charge in [0.25, 0.3) is 0 Å². The van der Waals surface area contributed by atoms with E-state index in [1.807, 2.05) is 0 Å². The number of rotatable bonds is 5. The van der Waals surface area contributed by atoms with Gasteiger partial charge in [-0.15, -0.1) is 0 Å². The van der Waals surface area contributed by atoms with Crippen LogP contribution in [0.25, 0.3) is 0 Å². The van der Waals surface area contributed by atoms with Crippen LogP contribution in [-0.2, 0) is 12.7 Å². The van der Waals surface area contributed by atoms with Gasteiger partial charge in [-0.1, -0.05) is 19.3 Å². The van der Waals surface area contributed by atoms with E-state index in [2.05, 4.69) is 0 Å². The maximum absolute atomic E-state index is 12.7. The van der Waals surface area contributed by atoms with E-state index in [1.165, 1.54) is 31.4 Å². The number of halogens is 3. The highest BCUT2D eigenvalue weighted by molar-refractivity contribution is 5.37. The average molecular weight is 273 g/mol. The molecule has 0 spiro atoms. The van der Waals surface area contributed by atoms with Gasteiger partial charge >= 0.3 is 6.18 Å². The molecule has 1 aromatic carbocycles. The van der Waals surface area contributed by atoms with E-state index in [0.29, 0.717) is 12.4 Å². The van der Waals surface area contributed by atoms with Crippen molar-refractivity contribution in [3.8, 4) is 5.75 Å². The van der Waals surface area contributed by atoms with Gasteiger partial charge in [-0.3, -0.25) is 0 Å². The average Bonchev–Trinajstić information content (AvgIpc) is 2.30. The van der Waals surface area contributed by atoms with Gasteiger partial charge < -0.3 is 10.5 Å². The lowest BCUT2D eigenvalue weighted by atomic mass is 9.83.